The summed E-state index contributed by atoms with van der Waals surface area (Å²) in [5.74, 6) is 0.389. The number of carbonyl (C=O) groups excluding carboxylic acids is 1. The van der Waals surface area contributed by atoms with Crippen LogP contribution in [-0.2, 0) is 14.8 Å². The van der Waals surface area contributed by atoms with Crippen LogP contribution in [0.15, 0.2) is 23.1 Å². The minimum Gasteiger partial charge on any atom is -0.489 e. The smallest absolute Gasteiger partial charge is 0.243 e. The lowest BCUT2D eigenvalue weighted by Gasteiger charge is -2.29. The van der Waals surface area contributed by atoms with Gasteiger partial charge in [0.05, 0.1) is 17.1 Å². The summed E-state index contributed by atoms with van der Waals surface area (Å²) in [7, 11) is -3.51. The van der Waals surface area contributed by atoms with Crippen molar-refractivity contribution < 1.29 is 17.9 Å². The Kier molecular flexibility index (Phi) is 4.59. The van der Waals surface area contributed by atoms with Crippen LogP contribution in [0.25, 0.3) is 0 Å². The first-order chi connectivity index (χ1) is 11.0. The molecule has 0 spiro atoms. The van der Waals surface area contributed by atoms with Gasteiger partial charge >= 0.3 is 0 Å². The Morgan fingerprint density at radius 3 is 2.43 bits per heavy atom. The predicted molar refractivity (Wildman–Crippen MR) is 87.2 cm³/mol. The van der Waals surface area contributed by atoms with Crippen molar-refractivity contribution in [3.8, 4) is 5.75 Å². The minimum absolute atomic E-state index is 0.0716. The third kappa shape index (κ3) is 3.21. The van der Waals surface area contributed by atoms with E-state index in [2.05, 4.69) is 0 Å². The second-order valence-corrected chi connectivity index (χ2v) is 7.90. The van der Waals surface area contributed by atoms with E-state index in [-0.39, 0.29) is 10.8 Å². The quantitative estimate of drug-likeness (QED) is 0.827. The van der Waals surface area contributed by atoms with Gasteiger partial charge in [-0.25, -0.2) is 8.42 Å². The summed E-state index contributed by atoms with van der Waals surface area (Å²) >= 11 is 0. The summed E-state index contributed by atoms with van der Waals surface area (Å²) < 4.78 is 32.8. The predicted octanol–water partition coefficient (Wildman–Crippen LogP) is 2.00. The standard InChI is InChI=1S/C16H22N2O4S/c1-13(19)18-10-11-22-16-12-14(6-7-15(16)18)23(20,21)17-8-4-2-3-5-9-17/h6-7,12H,2-5,8-11H2,1H3. The molecule has 2 heterocycles. The van der Waals surface area contributed by atoms with Crippen LogP contribution in [0.3, 0.4) is 0 Å². The van der Waals surface area contributed by atoms with Crippen LogP contribution in [-0.4, -0.2) is 44.9 Å². The molecule has 0 aliphatic carbocycles. The number of fused-ring (bicyclic) bond motifs is 1. The van der Waals surface area contributed by atoms with Crippen molar-refractivity contribution in [2.45, 2.75) is 37.5 Å². The van der Waals surface area contributed by atoms with Gasteiger partial charge in [-0.3, -0.25) is 4.79 Å². The Balaban J connectivity index is 1.93. The molecule has 6 nitrogen and oxygen atoms in total. The number of rotatable bonds is 2. The van der Waals surface area contributed by atoms with E-state index in [4.69, 9.17) is 4.74 Å². The third-order valence-electron chi connectivity index (χ3n) is 4.38. The lowest BCUT2D eigenvalue weighted by atomic mass is 10.2. The van der Waals surface area contributed by atoms with Gasteiger partial charge in [0.25, 0.3) is 0 Å². The molecule has 2 aliphatic rings. The Hall–Kier alpha value is -1.60. The van der Waals surface area contributed by atoms with Crippen molar-refractivity contribution >= 4 is 21.6 Å². The molecule has 0 saturated carbocycles. The highest BCUT2D eigenvalue weighted by molar-refractivity contribution is 7.89. The van der Waals surface area contributed by atoms with Crippen LogP contribution in [0.2, 0.25) is 0 Å². The second kappa shape index (κ2) is 6.49. The molecular formula is C16H22N2O4S. The molecule has 0 atom stereocenters. The van der Waals surface area contributed by atoms with Gasteiger partial charge < -0.3 is 9.64 Å². The number of hydrogen-bond acceptors (Lipinski definition) is 4. The van der Waals surface area contributed by atoms with Gasteiger partial charge in [-0.2, -0.15) is 4.31 Å². The first kappa shape index (κ1) is 16.3. The van der Waals surface area contributed by atoms with Gasteiger partial charge in [0, 0.05) is 26.1 Å². The van der Waals surface area contributed by atoms with Crippen molar-refractivity contribution in [1.29, 1.82) is 0 Å². The van der Waals surface area contributed by atoms with Gasteiger partial charge in [-0.15, -0.1) is 0 Å². The number of anilines is 1. The van der Waals surface area contributed by atoms with Crippen molar-refractivity contribution in [2.75, 3.05) is 31.1 Å². The highest BCUT2D eigenvalue weighted by Crippen LogP contribution is 2.34. The fourth-order valence-electron chi connectivity index (χ4n) is 3.12. The summed E-state index contributed by atoms with van der Waals surface area (Å²) in [6.45, 7) is 3.50. The first-order valence-electron chi connectivity index (χ1n) is 8.05. The molecule has 0 radical (unpaired) electrons. The third-order valence-corrected chi connectivity index (χ3v) is 6.27. The Bertz CT molecular complexity index is 694. The normalized spacial score (nSPS) is 19.6. The largest absolute Gasteiger partial charge is 0.489 e. The molecule has 126 valence electrons. The van der Waals surface area contributed by atoms with Crippen LogP contribution in [0.1, 0.15) is 32.6 Å². The van der Waals surface area contributed by atoms with Gasteiger partial charge in [0.1, 0.15) is 12.4 Å². The molecule has 23 heavy (non-hydrogen) atoms. The lowest BCUT2D eigenvalue weighted by molar-refractivity contribution is -0.116. The molecule has 1 amide bonds. The van der Waals surface area contributed by atoms with Crippen molar-refractivity contribution in [1.82, 2.24) is 4.31 Å². The Labute approximate surface area is 137 Å². The van der Waals surface area contributed by atoms with E-state index >= 15 is 0 Å². The van der Waals surface area contributed by atoms with Crippen molar-refractivity contribution in [3.63, 3.8) is 0 Å². The summed E-state index contributed by atoms with van der Waals surface area (Å²) in [5, 5.41) is 0. The van der Waals surface area contributed by atoms with Gasteiger partial charge in [-0.1, -0.05) is 12.8 Å². The van der Waals surface area contributed by atoms with Crippen LogP contribution in [0, 0.1) is 0 Å². The van der Waals surface area contributed by atoms with Crippen molar-refractivity contribution in [2.24, 2.45) is 0 Å². The molecule has 0 aromatic heterocycles. The maximum Gasteiger partial charge on any atom is 0.243 e. The first-order valence-corrected chi connectivity index (χ1v) is 9.49. The van der Waals surface area contributed by atoms with Crippen molar-refractivity contribution in [3.05, 3.63) is 18.2 Å². The molecule has 1 saturated heterocycles. The Morgan fingerprint density at radius 1 is 1.09 bits per heavy atom. The molecule has 2 aliphatic heterocycles. The summed E-state index contributed by atoms with van der Waals surface area (Å²) in [4.78, 5) is 13.5. The number of carbonyl (C=O) groups is 1. The van der Waals surface area contributed by atoms with E-state index in [1.807, 2.05) is 0 Å². The molecule has 1 aromatic rings. The number of amides is 1. The molecule has 0 bridgehead atoms. The SMILES string of the molecule is CC(=O)N1CCOc2cc(S(=O)(=O)N3CCCCCC3)ccc21. The highest BCUT2D eigenvalue weighted by atomic mass is 32.2. The van der Waals surface area contributed by atoms with E-state index in [1.54, 1.807) is 27.4 Å². The molecule has 1 aromatic carbocycles. The van der Waals surface area contributed by atoms with Gasteiger partial charge in [0.15, 0.2) is 0 Å². The van der Waals surface area contributed by atoms with Crippen LogP contribution < -0.4 is 9.64 Å². The van der Waals surface area contributed by atoms with Gasteiger partial charge in [-0.05, 0) is 25.0 Å². The lowest BCUT2D eigenvalue weighted by Crippen LogP contribution is -2.36. The number of nitrogens with zero attached hydrogens (tertiary/aromatic N) is 2. The summed E-state index contributed by atoms with van der Waals surface area (Å²) in [6, 6.07) is 4.79. The summed E-state index contributed by atoms with van der Waals surface area (Å²) in [6.07, 6.45) is 3.96. The van der Waals surface area contributed by atoms with Crippen LogP contribution in [0.4, 0.5) is 5.69 Å². The molecular weight excluding hydrogens is 316 g/mol. The molecule has 3 rings (SSSR count). The number of ether oxygens (including phenoxy) is 1. The maximum atomic E-state index is 12.8. The van der Waals surface area contributed by atoms with E-state index in [9.17, 15) is 13.2 Å². The molecule has 1 fully saturated rings. The Morgan fingerprint density at radius 2 is 1.78 bits per heavy atom. The second-order valence-electron chi connectivity index (χ2n) is 5.97. The monoisotopic (exact) mass is 338 g/mol. The number of sulfonamides is 1. The molecule has 7 heteroatoms. The van der Waals surface area contributed by atoms with E-state index in [0.29, 0.717) is 37.7 Å². The zero-order chi connectivity index (χ0) is 16.4. The fourth-order valence-corrected chi connectivity index (χ4v) is 4.65. The van der Waals surface area contributed by atoms with E-state index < -0.39 is 10.0 Å². The number of hydrogen-bond donors (Lipinski definition) is 0. The average Bonchev–Trinajstić information content (AvgIpc) is 2.83. The average molecular weight is 338 g/mol. The zero-order valence-electron chi connectivity index (χ0n) is 13.3. The van der Waals surface area contributed by atoms with Crippen LogP contribution in [0.5, 0.6) is 5.75 Å². The molecule has 0 unspecified atom stereocenters. The minimum atomic E-state index is -3.51. The summed E-state index contributed by atoms with van der Waals surface area (Å²) in [5.41, 5.74) is 0.638. The van der Waals surface area contributed by atoms with Crippen LogP contribution >= 0.6 is 0 Å². The highest BCUT2D eigenvalue weighted by Gasteiger charge is 2.28. The van der Waals surface area contributed by atoms with E-state index in [1.165, 1.54) is 6.92 Å². The van der Waals surface area contributed by atoms with Gasteiger partial charge in [0.2, 0.25) is 15.9 Å². The zero-order valence-corrected chi connectivity index (χ0v) is 14.1. The maximum absolute atomic E-state index is 12.8. The molecule has 0 N–H and O–H groups in total. The topological polar surface area (TPSA) is 66.9 Å². The van der Waals surface area contributed by atoms with E-state index in [0.717, 1.165) is 25.7 Å². The fraction of sp³-hybridized carbons (Fsp3) is 0.562. The number of benzene rings is 1.